The molecule has 0 aliphatic carbocycles. The van der Waals surface area contributed by atoms with Crippen molar-refractivity contribution < 1.29 is 0 Å². The minimum absolute atomic E-state index is 0. The number of halogens is 2. The van der Waals surface area contributed by atoms with E-state index in [4.69, 9.17) is 11.6 Å². The van der Waals surface area contributed by atoms with Gasteiger partial charge in [0, 0.05) is 23.9 Å². The number of fused-ring (bicyclic) bond motifs is 2. The van der Waals surface area contributed by atoms with Crippen LogP contribution in [0.3, 0.4) is 0 Å². The highest BCUT2D eigenvalue weighted by molar-refractivity contribution is 6.41. The first kappa shape index (κ1) is 15.8. The topological polar surface area (TPSA) is 12.0 Å². The van der Waals surface area contributed by atoms with E-state index in [-0.39, 0.29) is 12.4 Å². The summed E-state index contributed by atoms with van der Waals surface area (Å²) in [5, 5.41) is 8.89. The van der Waals surface area contributed by atoms with Gasteiger partial charge >= 0.3 is 0 Å². The van der Waals surface area contributed by atoms with Gasteiger partial charge in [-0.05, 0) is 16.3 Å². The van der Waals surface area contributed by atoms with Crippen molar-refractivity contribution in [2.75, 3.05) is 6.54 Å². The normalized spacial score (nSPS) is 10.5. The summed E-state index contributed by atoms with van der Waals surface area (Å²) in [5.41, 5.74) is 1.29. The Hall–Kier alpha value is -1.54. The molecule has 1 nitrogen and oxygen atoms in total. The highest BCUT2D eigenvalue weighted by atomic mass is 35.5. The zero-order valence-electron chi connectivity index (χ0n) is 11.6. The SMILES string of the molecule is C=CCNCc1c2ccccc2c(Cl)c2ccccc12.Cl. The van der Waals surface area contributed by atoms with Gasteiger partial charge in [-0.2, -0.15) is 0 Å². The van der Waals surface area contributed by atoms with Crippen LogP contribution < -0.4 is 5.32 Å². The second-order valence-electron chi connectivity index (χ2n) is 4.80. The number of nitrogens with one attached hydrogen (secondary N) is 1. The standard InChI is InChI=1S/C18H16ClN.ClH/c1-2-11-20-12-17-13-7-3-5-9-15(13)18(19)16-10-6-4-8-14(16)17;/h2-10,20H,1,11-12H2;1H. The molecule has 0 aromatic heterocycles. The second kappa shape index (κ2) is 6.95. The fourth-order valence-electron chi connectivity index (χ4n) is 2.66. The lowest BCUT2D eigenvalue weighted by atomic mass is 9.96. The van der Waals surface area contributed by atoms with Crippen LogP contribution in [0.1, 0.15) is 5.56 Å². The minimum Gasteiger partial charge on any atom is -0.309 e. The lowest BCUT2D eigenvalue weighted by Gasteiger charge is -2.14. The molecule has 0 aliphatic rings. The fraction of sp³-hybridized carbons (Fsp3) is 0.111. The van der Waals surface area contributed by atoms with Crippen LogP contribution in [0.2, 0.25) is 5.02 Å². The van der Waals surface area contributed by atoms with Gasteiger partial charge in [-0.15, -0.1) is 19.0 Å². The van der Waals surface area contributed by atoms with Crippen molar-refractivity contribution in [2.24, 2.45) is 0 Å². The Balaban J connectivity index is 0.00000161. The van der Waals surface area contributed by atoms with E-state index < -0.39 is 0 Å². The van der Waals surface area contributed by atoms with Crippen LogP contribution in [0, 0.1) is 0 Å². The van der Waals surface area contributed by atoms with Gasteiger partial charge < -0.3 is 5.32 Å². The molecule has 3 aromatic rings. The Morgan fingerprint density at radius 3 is 1.86 bits per heavy atom. The van der Waals surface area contributed by atoms with Crippen LogP contribution in [0.4, 0.5) is 0 Å². The molecule has 3 heteroatoms. The van der Waals surface area contributed by atoms with E-state index in [1.807, 2.05) is 18.2 Å². The van der Waals surface area contributed by atoms with Gasteiger partial charge in [0.2, 0.25) is 0 Å². The van der Waals surface area contributed by atoms with Crippen LogP contribution in [-0.2, 0) is 6.54 Å². The molecule has 1 N–H and O–H groups in total. The summed E-state index contributed by atoms with van der Waals surface area (Å²) in [5.74, 6) is 0. The molecule has 0 atom stereocenters. The quantitative estimate of drug-likeness (QED) is 0.389. The summed E-state index contributed by atoms with van der Waals surface area (Å²) in [6.07, 6.45) is 1.88. The largest absolute Gasteiger partial charge is 0.309 e. The number of rotatable bonds is 4. The summed E-state index contributed by atoms with van der Waals surface area (Å²) in [4.78, 5) is 0. The third kappa shape index (κ3) is 2.91. The van der Waals surface area contributed by atoms with Gasteiger partial charge in [-0.1, -0.05) is 66.2 Å². The van der Waals surface area contributed by atoms with E-state index in [1.165, 1.54) is 16.3 Å². The van der Waals surface area contributed by atoms with E-state index in [9.17, 15) is 0 Å². The lowest BCUT2D eigenvalue weighted by Crippen LogP contribution is -2.13. The maximum Gasteiger partial charge on any atom is 0.0562 e. The molecular weight excluding hydrogens is 301 g/mol. The van der Waals surface area contributed by atoms with Crippen molar-refractivity contribution in [1.82, 2.24) is 5.32 Å². The summed E-state index contributed by atoms with van der Waals surface area (Å²) in [7, 11) is 0. The molecule has 3 rings (SSSR count). The van der Waals surface area contributed by atoms with Gasteiger partial charge in [0.15, 0.2) is 0 Å². The van der Waals surface area contributed by atoms with Crippen LogP contribution >= 0.6 is 24.0 Å². The molecule has 3 aromatic carbocycles. The van der Waals surface area contributed by atoms with Crippen molar-refractivity contribution in [3.8, 4) is 0 Å². The zero-order valence-corrected chi connectivity index (χ0v) is 13.2. The molecule has 0 amide bonds. The molecule has 0 unspecified atom stereocenters. The zero-order chi connectivity index (χ0) is 13.9. The first-order valence-electron chi connectivity index (χ1n) is 6.72. The van der Waals surface area contributed by atoms with E-state index in [1.54, 1.807) is 0 Å². The van der Waals surface area contributed by atoms with Crippen molar-refractivity contribution in [2.45, 2.75) is 6.54 Å². The Labute approximate surface area is 136 Å². The van der Waals surface area contributed by atoms with E-state index in [0.717, 1.165) is 28.9 Å². The van der Waals surface area contributed by atoms with Crippen molar-refractivity contribution >= 4 is 45.6 Å². The van der Waals surface area contributed by atoms with Crippen molar-refractivity contribution in [3.63, 3.8) is 0 Å². The molecule has 0 fully saturated rings. The smallest absolute Gasteiger partial charge is 0.0562 e. The summed E-state index contributed by atoms with van der Waals surface area (Å²) in [6.45, 7) is 5.35. The van der Waals surface area contributed by atoms with Gasteiger partial charge in [-0.3, -0.25) is 0 Å². The Morgan fingerprint density at radius 1 is 0.905 bits per heavy atom. The molecule has 21 heavy (non-hydrogen) atoms. The average molecular weight is 318 g/mol. The van der Waals surface area contributed by atoms with Crippen molar-refractivity contribution in [1.29, 1.82) is 0 Å². The molecule has 0 heterocycles. The highest BCUT2D eigenvalue weighted by Gasteiger charge is 2.11. The minimum atomic E-state index is 0. The Kier molecular flexibility index (Phi) is 5.24. The monoisotopic (exact) mass is 317 g/mol. The second-order valence-corrected chi connectivity index (χ2v) is 5.18. The van der Waals surface area contributed by atoms with Crippen LogP contribution in [0.25, 0.3) is 21.5 Å². The van der Waals surface area contributed by atoms with E-state index in [2.05, 4.69) is 48.3 Å². The third-order valence-corrected chi connectivity index (χ3v) is 3.97. The molecule has 0 saturated carbocycles. The lowest BCUT2D eigenvalue weighted by molar-refractivity contribution is 0.769. The molecule has 0 aliphatic heterocycles. The van der Waals surface area contributed by atoms with Crippen molar-refractivity contribution in [3.05, 3.63) is 71.8 Å². The van der Waals surface area contributed by atoms with E-state index >= 15 is 0 Å². The van der Waals surface area contributed by atoms with Crippen LogP contribution in [0.5, 0.6) is 0 Å². The van der Waals surface area contributed by atoms with Crippen LogP contribution in [0.15, 0.2) is 61.2 Å². The molecule has 0 bridgehead atoms. The fourth-order valence-corrected chi connectivity index (χ4v) is 2.98. The predicted molar refractivity (Wildman–Crippen MR) is 95.6 cm³/mol. The predicted octanol–water partition coefficient (Wildman–Crippen LogP) is 5.34. The van der Waals surface area contributed by atoms with E-state index in [0.29, 0.717) is 0 Å². The summed E-state index contributed by atoms with van der Waals surface area (Å²) in [6, 6.07) is 16.6. The molecule has 0 radical (unpaired) electrons. The third-order valence-electron chi connectivity index (χ3n) is 3.57. The number of hydrogen-bond acceptors (Lipinski definition) is 1. The van der Waals surface area contributed by atoms with Gasteiger partial charge in [-0.25, -0.2) is 0 Å². The number of hydrogen-bond donors (Lipinski definition) is 1. The first-order chi connectivity index (χ1) is 9.83. The molecule has 0 saturated heterocycles. The Morgan fingerprint density at radius 2 is 1.38 bits per heavy atom. The average Bonchev–Trinajstić information content (AvgIpc) is 2.51. The molecular formula is C18H17Cl2N. The van der Waals surface area contributed by atoms with Crippen LogP contribution in [-0.4, -0.2) is 6.54 Å². The molecule has 0 spiro atoms. The van der Waals surface area contributed by atoms with Gasteiger partial charge in [0.25, 0.3) is 0 Å². The summed E-state index contributed by atoms with van der Waals surface area (Å²) >= 11 is 6.57. The molecule has 108 valence electrons. The highest BCUT2D eigenvalue weighted by Crippen LogP contribution is 2.35. The maximum atomic E-state index is 6.57. The van der Waals surface area contributed by atoms with Gasteiger partial charge in [0.1, 0.15) is 0 Å². The summed E-state index contributed by atoms with van der Waals surface area (Å²) < 4.78 is 0. The van der Waals surface area contributed by atoms with Gasteiger partial charge in [0.05, 0.1) is 5.02 Å². The first-order valence-corrected chi connectivity index (χ1v) is 7.10. The number of benzene rings is 3. The Bertz CT molecular complexity index is 724. The maximum absolute atomic E-state index is 6.57.